The van der Waals surface area contributed by atoms with E-state index in [9.17, 15) is 14.4 Å². The Labute approximate surface area is 188 Å². The maximum Gasteiger partial charge on any atom is 0.148 e. The third-order valence-corrected chi connectivity index (χ3v) is 7.21. The zero-order valence-electron chi connectivity index (χ0n) is 17.9. The summed E-state index contributed by atoms with van der Waals surface area (Å²) in [5, 5.41) is 0. The van der Waals surface area contributed by atoms with Gasteiger partial charge in [0.2, 0.25) is 0 Å². The first-order valence-electron chi connectivity index (χ1n) is 11.4. The molecule has 0 spiro atoms. The second-order valence-electron chi connectivity index (χ2n) is 9.09. The van der Waals surface area contributed by atoms with E-state index < -0.39 is 29.6 Å². The summed E-state index contributed by atoms with van der Waals surface area (Å²) < 4.78 is 0. The van der Waals surface area contributed by atoms with Gasteiger partial charge in [0.25, 0.3) is 0 Å². The highest BCUT2D eigenvalue weighted by atomic mass is 16.2. The molecule has 5 rings (SSSR count). The molecule has 0 bridgehead atoms. The number of carbonyl (C=O) groups is 3. The van der Waals surface area contributed by atoms with E-state index in [4.69, 9.17) is 0 Å². The highest BCUT2D eigenvalue weighted by Gasteiger charge is 2.62. The predicted molar refractivity (Wildman–Crippen MR) is 123 cm³/mol. The highest BCUT2D eigenvalue weighted by molar-refractivity contribution is 6.16. The largest absolute Gasteiger partial charge is 0.299 e. The van der Waals surface area contributed by atoms with Gasteiger partial charge in [-0.1, -0.05) is 91.0 Å². The van der Waals surface area contributed by atoms with E-state index in [1.165, 1.54) is 0 Å². The SMILES string of the molecule is O=C1C(Cc2ccccc2)[C@H]2C(=O)C(Cc3ccccc3)C(=O)[C@H]2C1Cc1ccccc1. The van der Waals surface area contributed by atoms with Gasteiger partial charge >= 0.3 is 0 Å². The molecular weight excluding hydrogens is 396 g/mol. The molecule has 0 aromatic heterocycles. The standard InChI is InChI=1S/C29H26O3/c30-27-22(16-19-10-4-1-5-11-19)25-26(23(27)17-20-12-6-2-7-13-20)29(32)24(28(25)31)18-21-14-8-3-9-15-21/h1-15,22-26H,16-18H2/t22?,23?,24?,25-,26+. The minimum Gasteiger partial charge on any atom is -0.299 e. The third kappa shape index (κ3) is 3.73. The number of fused-ring (bicyclic) bond motifs is 1. The summed E-state index contributed by atoms with van der Waals surface area (Å²) in [6.07, 6.45) is 1.46. The maximum atomic E-state index is 13.6. The second-order valence-corrected chi connectivity index (χ2v) is 9.09. The predicted octanol–water partition coefficient (Wildman–Crippen LogP) is 4.53. The van der Waals surface area contributed by atoms with Gasteiger partial charge in [0.15, 0.2) is 0 Å². The lowest BCUT2D eigenvalue weighted by atomic mass is 9.84. The molecular formula is C29H26O3. The zero-order valence-corrected chi connectivity index (χ0v) is 17.9. The molecule has 3 nitrogen and oxygen atoms in total. The average molecular weight is 423 g/mol. The van der Waals surface area contributed by atoms with Crippen LogP contribution in [0.1, 0.15) is 16.7 Å². The minimum absolute atomic E-state index is 0.0336. The topological polar surface area (TPSA) is 51.2 Å². The van der Waals surface area contributed by atoms with Crippen molar-refractivity contribution in [3.63, 3.8) is 0 Å². The molecule has 3 unspecified atom stereocenters. The van der Waals surface area contributed by atoms with Gasteiger partial charge in [-0.05, 0) is 36.0 Å². The molecule has 0 N–H and O–H groups in total. The summed E-state index contributed by atoms with van der Waals surface area (Å²) in [7, 11) is 0. The molecule has 2 fully saturated rings. The van der Waals surface area contributed by atoms with Gasteiger partial charge in [0, 0.05) is 23.7 Å². The van der Waals surface area contributed by atoms with Crippen LogP contribution in [0.3, 0.4) is 0 Å². The molecule has 2 saturated carbocycles. The van der Waals surface area contributed by atoms with Crippen LogP contribution in [0.25, 0.3) is 0 Å². The number of ketones is 3. The molecule has 160 valence electrons. The van der Waals surface area contributed by atoms with E-state index in [2.05, 4.69) is 0 Å². The van der Waals surface area contributed by atoms with E-state index in [0.29, 0.717) is 19.3 Å². The first kappa shape index (κ1) is 20.6. The summed E-state index contributed by atoms with van der Waals surface area (Å²) in [4.78, 5) is 40.7. The van der Waals surface area contributed by atoms with Gasteiger partial charge in [0.1, 0.15) is 17.3 Å². The number of benzene rings is 3. The normalized spacial score (nSPS) is 27.0. The lowest BCUT2D eigenvalue weighted by Crippen LogP contribution is -2.30. The van der Waals surface area contributed by atoms with Gasteiger partial charge in [-0.3, -0.25) is 14.4 Å². The van der Waals surface area contributed by atoms with Crippen LogP contribution in [0, 0.1) is 29.6 Å². The van der Waals surface area contributed by atoms with Crippen LogP contribution in [0.5, 0.6) is 0 Å². The number of carbonyl (C=O) groups excluding carboxylic acids is 3. The van der Waals surface area contributed by atoms with E-state index in [-0.39, 0.29) is 17.3 Å². The van der Waals surface area contributed by atoms with Crippen molar-refractivity contribution in [3.05, 3.63) is 108 Å². The molecule has 32 heavy (non-hydrogen) atoms. The fourth-order valence-corrected chi connectivity index (χ4v) is 5.73. The number of hydrogen-bond donors (Lipinski definition) is 0. The van der Waals surface area contributed by atoms with E-state index >= 15 is 0 Å². The Bertz CT molecular complexity index is 1050. The molecule has 3 aromatic carbocycles. The Morgan fingerprint density at radius 3 is 1.16 bits per heavy atom. The molecule has 0 saturated heterocycles. The molecule has 2 aliphatic carbocycles. The smallest absolute Gasteiger partial charge is 0.148 e. The third-order valence-electron chi connectivity index (χ3n) is 7.21. The number of Topliss-reactive ketones (excluding diaryl/α,β-unsaturated/α-hetero) is 3. The van der Waals surface area contributed by atoms with Crippen LogP contribution >= 0.6 is 0 Å². The van der Waals surface area contributed by atoms with Gasteiger partial charge in [-0.15, -0.1) is 0 Å². The first-order valence-corrected chi connectivity index (χ1v) is 11.4. The number of rotatable bonds is 6. The van der Waals surface area contributed by atoms with Crippen molar-refractivity contribution in [1.29, 1.82) is 0 Å². The monoisotopic (exact) mass is 422 g/mol. The van der Waals surface area contributed by atoms with Crippen LogP contribution in [-0.2, 0) is 33.6 Å². The average Bonchev–Trinajstić information content (AvgIpc) is 3.23. The van der Waals surface area contributed by atoms with Gasteiger partial charge < -0.3 is 0 Å². The van der Waals surface area contributed by atoms with Crippen LogP contribution in [-0.4, -0.2) is 17.3 Å². The molecule has 0 aliphatic heterocycles. The van der Waals surface area contributed by atoms with Crippen molar-refractivity contribution < 1.29 is 14.4 Å². The Morgan fingerprint density at radius 2 is 0.781 bits per heavy atom. The molecule has 3 aromatic rings. The summed E-state index contributed by atoms with van der Waals surface area (Å²) in [6, 6.07) is 29.4. The summed E-state index contributed by atoms with van der Waals surface area (Å²) >= 11 is 0. The lowest BCUT2D eigenvalue weighted by Gasteiger charge is -2.18. The van der Waals surface area contributed by atoms with E-state index in [1.807, 2.05) is 91.0 Å². The van der Waals surface area contributed by atoms with Crippen LogP contribution in [0.2, 0.25) is 0 Å². The Balaban J connectivity index is 1.48. The first-order chi connectivity index (χ1) is 15.6. The molecule has 5 atom stereocenters. The number of hydrogen-bond acceptors (Lipinski definition) is 3. The molecule has 0 radical (unpaired) electrons. The maximum absolute atomic E-state index is 13.6. The van der Waals surface area contributed by atoms with Gasteiger partial charge in [0.05, 0.1) is 5.92 Å². The van der Waals surface area contributed by atoms with Crippen LogP contribution < -0.4 is 0 Å². The van der Waals surface area contributed by atoms with Crippen LogP contribution in [0.15, 0.2) is 91.0 Å². The van der Waals surface area contributed by atoms with Gasteiger partial charge in [-0.25, -0.2) is 0 Å². The van der Waals surface area contributed by atoms with Crippen molar-refractivity contribution in [2.75, 3.05) is 0 Å². The summed E-state index contributed by atoms with van der Waals surface area (Å²) in [5.74, 6) is -2.48. The van der Waals surface area contributed by atoms with E-state index in [1.54, 1.807) is 0 Å². The fourth-order valence-electron chi connectivity index (χ4n) is 5.73. The fraction of sp³-hybridized carbons (Fsp3) is 0.276. The Morgan fingerprint density at radius 1 is 0.438 bits per heavy atom. The Kier molecular flexibility index (Phi) is 5.57. The quantitative estimate of drug-likeness (QED) is 0.549. The van der Waals surface area contributed by atoms with Crippen molar-refractivity contribution in [1.82, 2.24) is 0 Å². The minimum atomic E-state index is -0.642. The van der Waals surface area contributed by atoms with Crippen molar-refractivity contribution in [2.24, 2.45) is 29.6 Å². The highest BCUT2D eigenvalue weighted by Crippen LogP contribution is 2.50. The Hall–Kier alpha value is -3.33. The van der Waals surface area contributed by atoms with Crippen molar-refractivity contribution in [2.45, 2.75) is 19.3 Å². The van der Waals surface area contributed by atoms with Crippen molar-refractivity contribution in [3.8, 4) is 0 Å². The zero-order chi connectivity index (χ0) is 22.1. The molecule has 0 amide bonds. The molecule has 3 heteroatoms. The molecule has 0 heterocycles. The van der Waals surface area contributed by atoms with Crippen molar-refractivity contribution >= 4 is 17.3 Å². The summed E-state index contributed by atoms with van der Waals surface area (Å²) in [6.45, 7) is 0. The lowest BCUT2D eigenvalue weighted by molar-refractivity contribution is -0.134. The van der Waals surface area contributed by atoms with Crippen LogP contribution in [0.4, 0.5) is 0 Å². The molecule has 2 aliphatic rings. The van der Waals surface area contributed by atoms with Gasteiger partial charge in [-0.2, -0.15) is 0 Å². The summed E-state index contributed by atoms with van der Waals surface area (Å²) in [5.41, 5.74) is 3.07. The van der Waals surface area contributed by atoms with E-state index in [0.717, 1.165) is 16.7 Å². The second kappa shape index (κ2) is 8.66.